The molecule has 0 spiro atoms. The van der Waals surface area contributed by atoms with Gasteiger partial charge in [-0.05, 0) is 87.6 Å². The van der Waals surface area contributed by atoms with Crippen LogP contribution in [0.25, 0.3) is 0 Å². The number of hydrogen-bond donors (Lipinski definition) is 3. The number of Topliss-reactive ketones (excluding diaryl/α,β-unsaturated/α-hetero) is 2. The van der Waals surface area contributed by atoms with Crippen LogP contribution in [0.1, 0.15) is 95.2 Å². The van der Waals surface area contributed by atoms with Crippen LogP contribution in [0.5, 0.6) is 0 Å². The highest BCUT2D eigenvalue weighted by atomic mass is 127. The Morgan fingerprint density at radius 2 is 0.928 bits per heavy atom. The van der Waals surface area contributed by atoms with Crippen molar-refractivity contribution in [3.05, 3.63) is 137 Å². The van der Waals surface area contributed by atoms with Crippen LogP contribution >= 0.6 is 45.2 Å². The fourth-order valence-corrected chi connectivity index (χ4v) is 12.2. The molecule has 3 amide bonds. The number of ether oxygens (including phenoxy) is 3. The molecule has 440 valence electrons. The number of pyridine rings is 3. The van der Waals surface area contributed by atoms with Gasteiger partial charge in [0.25, 0.3) is 17.7 Å². The van der Waals surface area contributed by atoms with Gasteiger partial charge in [-0.1, -0.05) is 75.5 Å². The molecule has 83 heavy (non-hydrogen) atoms. The standard InChI is InChI=1S/C21H21N3O4S.C12H13N3O3S.C10H12IN3O3S.C9H9IO.C5H10Si/c1-2-19(25)16-5-3-4-15(12-16)6-7-17-13-18(14-23-20(17)22)21(26)24-29(27)10-8-28-9-11-29;1-2-9-7-10(8-14-11(9)13)12(16)15-19(17)5-3-18-4-6-19;11-8-5-7(6-13-9(8)12)10(15)14-18(16)3-1-17-2-4-18;1-2-9(11)7-4-3-5-8(10)6-7;1-5-6(2,3)4/h3-5,12-14H,2,8-11H2,1H3,(H2,22,23);1,7-8H,3-6H2,(H2,13,14);5-6H,1-4H2,(H2,12,13);3-6H,2H2,1H3;1H,2-4H3. The highest BCUT2D eigenvalue weighted by Gasteiger charge is 2.21. The molecular weight excluding hydrogens is 1360 g/mol. The number of nitrogens with zero attached hydrogens (tertiary/aromatic N) is 6. The van der Waals surface area contributed by atoms with Crippen molar-refractivity contribution in [2.45, 2.75) is 46.3 Å². The molecule has 0 saturated carbocycles. The third-order valence-corrected chi connectivity index (χ3v) is 20.1. The van der Waals surface area contributed by atoms with Gasteiger partial charge in [-0.3, -0.25) is 24.0 Å². The molecule has 6 heterocycles. The van der Waals surface area contributed by atoms with Crippen LogP contribution in [0.15, 0.2) is 98.4 Å². The molecule has 3 saturated heterocycles. The number of aromatic nitrogens is 3. The second-order valence-corrected chi connectivity index (χ2v) is 33.7. The van der Waals surface area contributed by atoms with E-state index in [4.69, 9.17) is 44.3 Å². The molecular formula is C57H65I2N9O11S3Si. The van der Waals surface area contributed by atoms with Gasteiger partial charge >= 0.3 is 0 Å². The van der Waals surface area contributed by atoms with Gasteiger partial charge in [-0.15, -0.1) is 18.4 Å². The van der Waals surface area contributed by atoms with Gasteiger partial charge in [0.15, 0.2) is 11.6 Å². The van der Waals surface area contributed by atoms with Crippen LogP contribution in [0.4, 0.5) is 17.5 Å². The topological polar surface area (TPSA) is 318 Å². The SMILES string of the molecule is C#C[Si](C)(C)C.C#Cc1cc(C(=O)N=S2(=O)CCOCC2)cnc1N.CCC(=O)c1cccc(C#Cc2cc(C(=O)N=S3(=O)CCOCC3)cnc2N)c1.CCC(=O)c1cccc(I)c1.Nc1ncc(C(=O)N=S2(=O)CCOCC2)cc1I. The van der Waals surface area contributed by atoms with E-state index in [2.05, 4.69) is 93.6 Å². The number of nitrogens with two attached hydrogens (primary N) is 3. The average molecular weight is 1430 g/mol. The molecule has 0 unspecified atom stereocenters. The van der Waals surface area contributed by atoms with E-state index in [0.29, 0.717) is 101 Å². The van der Waals surface area contributed by atoms with Crippen molar-refractivity contribution >= 4 is 129 Å². The number of ketones is 2. The summed E-state index contributed by atoms with van der Waals surface area (Å²) >= 11 is 4.19. The molecule has 3 aliphatic rings. The lowest BCUT2D eigenvalue weighted by molar-refractivity contribution is 0.0980. The maximum Gasteiger partial charge on any atom is 0.286 e. The Kier molecular flexibility index (Phi) is 27.8. The van der Waals surface area contributed by atoms with E-state index >= 15 is 0 Å². The first kappa shape index (κ1) is 69.2. The van der Waals surface area contributed by atoms with Crippen LogP contribution in [-0.2, 0) is 43.4 Å². The lowest BCUT2D eigenvalue weighted by Crippen LogP contribution is -2.26. The maximum atomic E-state index is 12.6. The number of hydrogen-bond acceptors (Lipinski definition) is 17. The summed E-state index contributed by atoms with van der Waals surface area (Å²) in [4.78, 5) is 71.1. The first-order chi connectivity index (χ1) is 39.2. The van der Waals surface area contributed by atoms with E-state index in [0.717, 1.165) is 9.13 Å². The van der Waals surface area contributed by atoms with Crippen molar-refractivity contribution in [2.24, 2.45) is 13.1 Å². The van der Waals surface area contributed by atoms with E-state index < -0.39 is 55.0 Å². The van der Waals surface area contributed by atoms with Gasteiger partial charge in [0, 0.05) is 51.7 Å². The Labute approximate surface area is 514 Å². The monoisotopic (exact) mass is 1430 g/mol. The van der Waals surface area contributed by atoms with Gasteiger partial charge in [-0.2, -0.15) is 13.1 Å². The minimum absolute atomic E-state index is 0.0335. The summed E-state index contributed by atoms with van der Waals surface area (Å²) in [6, 6.07) is 19.2. The summed E-state index contributed by atoms with van der Waals surface area (Å²) in [5.41, 5.74) is 23.1. The zero-order valence-electron chi connectivity index (χ0n) is 46.5. The number of carbonyl (C=O) groups excluding carboxylic acids is 5. The second-order valence-electron chi connectivity index (χ2n) is 18.9. The van der Waals surface area contributed by atoms with E-state index in [1.807, 2.05) is 53.8 Å². The molecule has 6 N–H and O–H groups in total. The predicted octanol–water partition coefficient (Wildman–Crippen LogP) is 7.87. The van der Waals surface area contributed by atoms with Crippen LogP contribution in [0.2, 0.25) is 19.6 Å². The van der Waals surface area contributed by atoms with Crippen LogP contribution < -0.4 is 17.2 Å². The normalized spacial score (nSPS) is 15.2. The number of halogens is 2. The molecule has 26 heteroatoms. The molecule has 5 aromatic rings. The number of amides is 3. The Hall–Kier alpha value is -6.27. The molecule has 0 bridgehead atoms. The highest BCUT2D eigenvalue weighted by molar-refractivity contribution is 14.1. The summed E-state index contributed by atoms with van der Waals surface area (Å²) in [6.45, 7) is 12.2. The van der Waals surface area contributed by atoms with E-state index in [9.17, 15) is 36.6 Å². The number of carbonyl (C=O) groups is 5. The van der Waals surface area contributed by atoms with E-state index in [-0.39, 0.29) is 57.3 Å². The van der Waals surface area contributed by atoms with Gasteiger partial charge in [0.2, 0.25) is 0 Å². The smallest absolute Gasteiger partial charge is 0.286 e. The van der Waals surface area contributed by atoms with Gasteiger partial charge in [0.05, 0.1) is 135 Å². The molecule has 2 aromatic carbocycles. The number of terminal acetylenes is 2. The Morgan fingerprint density at radius 3 is 1.31 bits per heavy atom. The summed E-state index contributed by atoms with van der Waals surface area (Å²) in [5.74, 6) is 9.03. The lowest BCUT2D eigenvalue weighted by atomic mass is 10.1. The molecule has 0 atom stereocenters. The summed E-state index contributed by atoms with van der Waals surface area (Å²) in [6.07, 6.45) is 15.3. The minimum Gasteiger partial charge on any atom is -0.383 e. The van der Waals surface area contributed by atoms with Crippen molar-refractivity contribution in [3.63, 3.8) is 0 Å². The molecule has 8 rings (SSSR count). The fourth-order valence-electron chi connectivity index (χ4n) is 6.58. The van der Waals surface area contributed by atoms with Crippen molar-refractivity contribution in [1.29, 1.82) is 0 Å². The zero-order chi connectivity index (χ0) is 61.4. The number of benzene rings is 2. The first-order valence-electron chi connectivity index (χ1n) is 25.6. The third-order valence-electron chi connectivity index (χ3n) is 11.4. The van der Waals surface area contributed by atoms with Crippen molar-refractivity contribution in [3.8, 4) is 36.2 Å². The average Bonchev–Trinajstić information content (AvgIpc) is 3.52. The fraction of sp³-hybridized carbons (Fsp3) is 0.333. The summed E-state index contributed by atoms with van der Waals surface area (Å²) in [7, 11) is -8.71. The quantitative estimate of drug-likeness (QED) is 0.0604. The molecule has 3 aliphatic heterocycles. The minimum atomic E-state index is -2.61. The molecule has 0 aliphatic carbocycles. The molecule has 3 fully saturated rings. The highest BCUT2D eigenvalue weighted by Crippen LogP contribution is 2.18. The van der Waals surface area contributed by atoms with Gasteiger partial charge in [-0.25, -0.2) is 27.6 Å². The van der Waals surface area contributed by atoms with E-state index in [1.54, 1.807) is 37.3 Å². The predicted molar refractivity (Wildman–Crippen MR) is 346 cm³/mol. The molecule has 0 radical (unpaired) electrons. The van der Waals surface area contributed by atoms with E-state index in [1.165, 1.54) is 30.7 Å². The summed E-state index contributed by atoms with van der Waals surface area (Å²) < 4.78 is 65.8. The van der Waals surface area contributed by atoms with Crippen molar-refractivity contribution < 1.29 is 50.8 Å². The Balaban J connectivity index is 0.000000240. The van der Waals surface area contributed by atoms with Crippen molar-refractivity contribution in [2.75, 3.05) is 91.4 Å². The number of nitrogen functional groups attached to an aromatic ring is 3. The first-order valence-corrected chi connectivity index (χ1v) is 36.8. The van der Waals surface area contributed by atoms with Gasteiger partial charge in [0.1, 0.15) is 25.5 Å². The summed E-state index contributed by atoms with van der Waals surface area (Å²) in [5, 5.41) is 0. The van der Waals surface area contributed by atoms with Gasteiger partial charge < -0.3 is 31.4 Å². The maximum absolute atomic E-state index is 12.6. The Bertz CT molecular complexity index is 3730. The lowest BCUT2D eigenvalue weighted by Gasteiger charge is -2.15. The van der Waals surface area contributed by atoms with Crippen LogP contribution in [0, 0.1) is 43.3 Å². The Morgan fingerprint density at radius 1 is 0.554 bits per heavy atom. The van der Waals surface area contributed by atoms with Crippen LogP contribution in [-0.4, -0.2) is 139 Å². The largest absolute Gasteiger partial charge is 0.383 e. The third kappa shape index (κ3) is 23.7. The van der Waals surface area contributed by atoms with Crippen molar-refractivity contribution in [1.82, 2.24) is 15.0 Å². The molecule has 3 aromatic heterocycles. The zero-order valence-corrected chi connectivity index (χ0v) is 54.3. The number of anilines is 3. The molecule has 20 nitrogen and oxygen atoms in total. The van der Waals surface area contributed by atoms with Crippen LogP contribution in [0.3, 0.4) is 0 Å². The number of rotatable bonds is 7. The second kappa shape index (κ2) is 33.3.